The Bertz CT molecular complexity index is 489. The molecule has 1 aromatic carbocycles. The molecule has 1 aromatic heterocycles. The Labute approximate surface area is 90.3 Å². The third-order valence-corrected chi connectivity index (χ3v) is 2.87. The molecule has 0 radical (unpaired) electrons. The van der Waals surface area contributed by atoms with E-state index in [4.69, 9.17) is 0 Å². The van der Waals surface area contributed by atoms with Gasteiger partial charge in [0, 0.05) is 17.6 Å². The van der Waals surface area contributed by atoms with Crippen LogP contribution in [0.3, 0.4) is 0 Å². The van der Waals surface area contributed by atoms with E-state index in [2.05, 4.69) is 42.3 Å². The van der Waals surface area contributed by atoms with E-state index in [0.29, 0.717) is 0 Å². The second-order valence-corrected chi connectivity index (χ2v) is 3.85. The van der Waals surface area contributed by atoms with Crippen LogP contribution < -0.4 is 5.32 Å². The summed E-state index contributed by atoms with van der Waals surface area (Å²) in [4.78, 5) is 4.59. The molecule has 78 valence electrons. The summed E-state index contributed by atoms with van der Waals surface area (Å²) in [5.41, 5.74) is 4.87. The minimum atomic E-state index is 0.899. The molecule has 0 spiro atoms. The SMILES string of the molecule is CNCc1c(C)c(C)nc2ccccc12. The van der Waals surface area contributed by atoms with Crippen molar-refractivity contribution in [2.24, 2.45) is 0 Å². The molecular formula is C13H16N2. The van der Waals surface area contributed by atoms with Gasteiger partial charge in [0.1, 0.15) is 0 Å². The third-order valence-electron chi connectivity index (χ3n) is 2.87. The molecule has 0 aliphatic rings. The fourth-order valence-corrected chi connectivity index (χ4v) is 1.92. The van der Waals surface area contributed by atoms with Crippen LogP contribution in [0.5, 0.6) is 0 Å². The summed E-state index contributed by atoms with van der Waals surface area (Å²) in [6, 6.07) is 8.31. The van der Waals surface area contributed by atoms with Crippen LogP contribution in [-0.2, 0) is 6.54 Å². The van der Waals surface area contributed by atoms with Crippen LogP contribution in [0.25, 0.3) is 10.9 Å². The fraction of sp³-hybridized carbons (Fsp3) is 0.308. The first-order valence-corrected chi connectivity index (χ1v) is 5.23. The predicted octanol–water partition coefficient (Wildman–Crippen LogP) is 2.57. The van der Waals surface area contributed by atoms with Gasteiger partial charge in [0.2, 0.25) is 0 Å². The van der Waals surface area contributed by atoms with Crippen molar-refractivity contribution in [3.63, 3.8) is 0 Å². The smallest absolute Gasteiger partial charge is 0.0708 e. The molecule has 2 heteroatoms. The number of nitrogens with one attached hydrogen (secondary N) is 1. The van der Waals surface area contributed by atoms with Crippen molar-refractivity contribution in [1.82, 2.24) is 10.3 Å². The van der Waals surface area contributed by atoms with Crippen LogP contribution in [0.1, 0.15) is 16.8 Å². The Balaban J connectivity index is 2.77. The van der Waals surface area contributed by atoms with Crippen molar-refractivity contribution >= 4 is 10.9 Å². The van der Waals surface area contributed by atoms with E-state index >= 15 is 0 Å². The highest BCUT2D eigenvalue weighted by molar-refractivity contribution is 5.83. The molecule has 0 atom stereocenters. The number of aromatic nitrogens is 1. The highest BCUT2D eigenvalue weighted by Crippen LogP contribution is 2.22. The molecule has 0 saturated heterocycles. The third kappa shape index (κ3) is 1.73. The van der Waals surface area contributed by atoms with Gasteiger partial charge in [0.05, 0.1) is 5.52 Å². The van der Waals surface area contributed by atoms with E-state index in [1.54, 1.807) is 0 Å². The highest BCUT2D eigenvalue weighted by atomic mass is 14.8. The van der Waals surface area contributed by atoms with Crippen molar-refractivity contribution in [1.29, 1.82) is 0 Å². The molecule has 0 aliphatic carbocycles. The summed E-state index contributed by atoms with van der Waals surface area (Å²) >= 11 is 0. The quantitative estimate of drug-likeness (QED) is 0.806. The largest absolute Gasteiger partial charge is 0.316 e. The van der Waals surface area contributed by atoms with E-state index in [-0.39, 0.29) is 0 Å². The lowest BCUT2D eigenvalue weighted by Crippen LogP contribution is -2.09. The van der Waals surface area contributed by atoms with Gasteiger partial charge in [-0.05, 0) is 38.1 Å². The summed E-state index contributed by atoms with van der Waals surface area (Å²) in [6.45, 7) is 5.11. The maximum atomic E-state index is 4.59. The average molecular weight is 200 g/mol. The molecule has 1 heterocycles. The molecule has 15 heavy (non-hydrogen) atoms. The predicted molar refractivity (Wildman–Crippen MR) is 64.0 cm³/mol. The van der Waals surface area contributed by atoms with Crippen molar-refractivity contribution in [3.05, 3.63) is 41.1 Å². The van der Waals surface area contributed by atoms with Crippen LogP contribution in [0, 0.1) is 13.8 Å². The monoisotopic (exact) mass is 200 g/mol. The van der Waals surface area contributed by atoms with E-state index in [1.807, 2.05) is 13.1 Å². The number of pyridine rings is 1. The van der Waals surface area contributed by atoms with Gasteiger partial charge in [-0.15, -0.1) is 0 Å². The number of fused-ring (bicyclic) bond motifs is 1. The second-order valence-electron chi connectivity index (χ2n) is 3.85. The average Bonchev–Trinajstić information content (AvgIpc) is 2.25. The molecule has 2 nitrogen and oxygen atoms in total. The number of hydrogen-bond acceptors (Lipinski definition) is 2. The Morgan fingerprint density at radius 1 is 1.20 bits per heavy atom. The number of nitrogens with zero attached hydrogens (tertiary/aromatic N) is 1. The van der Waals surface area contributed by atoms with Gasteiger partial charge < -0.3 is 5.32 Å². The molecule has 0 bridgehead atoms. The number of aryl methyl sites for hydroxylation is 1. The van der Waals surface area contributed by atoms with Crippen LogP contribution in [-0.4, -0.2) is 12.0 Å². The lowest BCUT2D eigenvalue weighted by molar-refractivity contribution is 0.814. The number of rotatable bonds is 2. The zero-order valence-corrected chi connectivity index (χ0v) is 9.46. The number of para-hydroxylation sites is 1. The second kappa shape index (κ2) is 3.99. The van der Waals surface area contributed by atoms with Crippen LogP contribution in [0.4, 0.5) is 0 Å². The van der Waals surface area contributed by atoms with E-state index in [1.165, 1.54) is 16.5 Å². The molecule has 0 aliphatic heterocycles. The Hall–Kier alpha value is -1.41. The summed E-state index contributed by atoms with van der Waals surface area (Å²) in [5.74, 6) is 0. The molecule has 0 saturated carbocycles. The molecular weight excluding hydrogens is 184 g/mol. The molecule has 2 aromatic rings. The fourth-order valence-electron chi connectivity index (χ4n) is 1.92. The maximum absolute atomic E-state index is 4.59. The Kier molecular flexibility index (Phi) is 2.69. The highest BCUT2D eigenvalue weighted by Gasteiger charge is 2.07. The van der Waals surface area contributed by atoms with Gasteiger partial charge in [-0.25, -0.2) is 0 Å². The molecule has 2 rings (SSSR count). The first kappa shape index (κ1) is 10.1. The Morgan fingerprint density at radius 2 is 1.93 bits per heavy atom. The van der Waals surface area contributed by atoms with Gasteiger partial charge in [-0.3, -0.25) is 4.98 Å². The van der Waals surface area contributed by atoms with Crippen molar-refractivity contribution < 1.29 is 0 Å². The van der Waals surface area contributed by atoms with Crippen LogP contribution in [0.15, 0.2) is 24.3 Å². The van der Waals surface area contributed by atoms with Crippen molar-refractivity contribution in [2.45, 2.75) is 20.4 Å². The zero-order chi connectivity index (χ0) is 10.8. The number of benzene rings is 1. The summed E-state index contributed by atoms with van der Waals surface area (Å²) < 4.78 is 0. The van der Waals surface area contributed by atoms with Gasteiger partial charge in [-0.2, -0.15) is 0 Å². The number of hydrogen-bond donors (Lipinski definition) is 1. The summed E-state index contributed by atoms with van der Waals surface area (Å²) in [6.07, 6.45) is 0. The summed E-state index contributed by atoms with van der Waals surface area (Å²) in [5, 5.41) is 4.48. The zero-order valence-electron chi connectivity index (χ0n) is 9.46. The normalized spacial score (nSPS) is 10.9. The minimum Gasteiger partial charge on any atom is -0.316 e. The van der Waals surface area contributed by atoms with E-state index in [0.717, 1.165) is 17.8 Å². The van der Waals surface area contributed by atoms with Gasteiger partial charge in [0.15, 0.2) is 0 Å². The topological polar surface area (TPSA) is 24.9 Å². The maximum Gasteiger partial charge on any atom is 0.0708 e. The van der Waals surface area contributed by atoms with E-state index < -0.39 is 0 Å². The first-order chi connectivity index (χ1) is 7.24. The van der Waals surface area contributed by atoms with Gasteiger partial charge >= 0.3 is 0 Å². The van der Waals surface area contributed by atoms with Crippen molar-refractivity contribution in [3.8, 4) is 0 Å². The van der Waals surface area contributed by atoms with Crippen molar-refractivity contribution in [2.75, 3.05) is 7.05 Å². The molecule has 1 N–H and O–H groups in total. The van der Waals surface area contributed by atoms with E-state index in [9.17, 15) is 0 Å². The summed E-state index contributed by atoms with van der Waals surface area (Å²) in [7, 11) is 1.98. The lowest BCUT2D eigenvalue weighted by atomic mass is 10.0. The lowest BCUT2D eigenvalue weighted by Gasteiger charge is -2.11. The molecule has 0 unspecified atom stereocenters. The van der Waals surface area contributed by atoms with Gasteiger partial charge in [0.25, 0.3) is 0 Å². The van der Waals surface area contributed by atoms with Crippen LogP contribution >= 0.6 is 0 Å². The van der Waals surface area contributed by atoms with Gasteiger partial charge in [-0.1, -0.05) is 18.2 Å². The first-order valence-electron chi connectivity index (χ1n) is 5.23. The Morgan fingerprint density at radius 3 is 2.67 bits per heavy atom. The molecule has 0 amide bonds. The standard InChI is InChI=1S/C13H16N2/c1-9-10(2)15-13-7-5-4-6-11(13)12(9)8-14-3/h4-7,14H,8H2,1-3H3. The van der Waals surface area contributed by atoms with Crippen LogP contribution in [0.2, 0.25) is 0 Å². The molecule has 0 fully saturated rings. The minimum absolute atomic E-state index is 0.899.